The maximum atomic E-state index is 12.6. The Bertz CT molecular complexity index is 619. The number of amides is 1. The summed E-state index contributed by atoms with van der Waals surface area (Å²) >= 11 is 0. The van der Waals surface area contributed by atoms with Crippen LogP contribution in [-0.2, 0) is 21.2 Å². The quantitative estimate of drug-likeness (QED) is 0.847. The molecule has 0 unspecified atom stereocenters. The van der Waals surface area contributed by atoms with E-state index in [0.717, 1.165) is 5.56 Å². The standard InChI is InChI=1S/C15H21NO4S/c1-15(2,3)21(19,20)14-12(10-17)13(18)16(14)9-11-7-5-4-6-8-11/h4-8,12,14,17H,9-10H2,1-3H3/t12-,14+/m0/s1. The predicted molar refractivity (Wildman–Crippen MR) is 80.0 cm³/mol. The normalized spacial score (nSPS) is 23.0. The molecule has 1 aromatic carbocycles. The van der Waals surface area contributed by atoms with E-state index >= 15 is 0 Å². The molecule has 1 saturated heterocycles. The van der Waals surface area contributed by atoms with Gasteiger partial charge in [0.15, 0.2) is 9.84 Å². The van der Waals surface area contributed by atoms with Crippen LogP contribution in [0, 0.1) is 5.92 Å². The molecule has 0 spiro atoms. The maximum Gasteiger partial charge on any atom is 0.232 e. The average molecular weight is 311 g/mol. The van der Waals surface area contributed by atoms with Gasteiger partial charge < -0.3 is 10.0 Å². The molecule has 21 heavy (non-hydrogen) atoms. The van der Waals surface area contributed by atoms with Gasteiger partial charge in [-0.15, -0.1) is 0 Å². The number of rotatable bonds is 4. The third-order valence-corrected chi connectivity index (χ3v) is 6.74. The van der Waals surface area contributed by atoms with E-state index in [0.29, 0.717) is 0 Å². The molecule has 1 aromatic rings. The van der Waals surface area contributed by atoms with Crippen LogP contribution in [0.4, 0.5) is 0 Å². The molecule has 1 N–H and O–H groups in total. The van der Waals surface area contributed by atoms with Crippen LogP contribution in [0.2, 0.25) is 0 Å². The third kappa shape index (κ3) is 2.70. The minimum atomic E-state index is -3.56. The van der Waals surface area contributed by atoms with Crippen LogP contribution in [0.1, 0.15) is 26.3 Å². The van der Waals surface area contributed by atoms with Gasteiger partial charge in [0.1, 0.15) is 5.37 Å². The molecule has 6 heteroatoms. The molecular formula is C15H21NO4S. The molecule has 1 amide bonds. The van der Waals surface area contributed by atoms with Gasteiger partial charge in [0.25, 0.3) is 0 Å². The molecule has 5 nitrogen and oxygen atoms in total. The van der Waals surface area contributed by atoms with E-state index in [2.05, 4.69) is 0 Å². The molecule has 1 fully saturated rings. The zero-order valence-electron chi connectivity index (χ0n) is 12.5. The first kappa shape index (κ1) is 16.0. The van der Waals surface area contributed by atoms with E-state index in [9.17, 15) is 18.3 Å². The summed E-state index contributed by atoms with van der Waals surface area (Å²) in [6, 6.07) is 9.24. The van der Waals surface area contributed by atoms with Gasteiger partial charge in [0, 0.05) is 6.54 Å². The van der Waals surface area contributed by atoms with Crippen LogP contribution in [0.25, 0.3) is 0 Å². The largest absolute Gasteiger partial charge is 0.395 e. The van der Waals surface area contributed by atoms with E-state index in [1.165, 1.54) is 4.90 Å². The van der Waals surface area contributed by atoms with Crippen molar-refractivity contribution in [2.24, 2.45) is 5.92 Å². The Balaban J connectivity index is 2.31. The number of likely N-dealkylation sites (tertiary alicyclic amines) is 1. The van der Waals surface area contributed by atoms with Crippen molar-refractivity contribution < 1.29 is 18.3 Å². The van der Waals surface area contributed by atoms with Gasteiger partial charge in [-0.2, -0.15) is 0 Å². The highest BCUT2D eigenvalue weighted by molar-refractivity contribution is 7.93. The summed E-state index contributed by atoms with van der Waals surface area (Å²) in [5, 5.41) is 8.38. The van der Waals surface area contributed by atoms with E-state index in [4.69, 9.17) is 0 Å². The first-order chi connectivity index (χ1) is 9.70. The molecule has 2 rings (SSSR count). The lowest BCUT2D eigenvalue weighted by molar-refractivity contribution is -0.154. The summed E-state index contributed by atoms with van der Waals surface area (Å²) in [6.07, 6.45) is 0. The lowest BCUT2D eigenvalue weighted by atomic mass is 9.98. The number of carbonyl (C=O) groups is 1. The van der Waals surface area contributed by atoms with Crippen LogP contribution in [0.5, 0.6) is 0 Å². The van der Waals surface area contributed by atoms with Gasteiger partial charge in [-0.1, -0.05) is 30.3 Å². The zero-order chi connectivity index (χ0) is 15.8. The molecule has 0 aromatic heterocycles. The fourth-order valence-corrected chi connectivity index (χ4v) is 4.33. The van der Waals surface area contributed by atoms with E-state index in [1.54, 1.807) is 20.8 Å². The fraction of sp³-hybridized carbons (Fsp3) is 0.533. The molecule has 2 atom stereocenters. The molecule has 0 aliphatic carbocycles. The van der Waals surface area contributed by atoms with Gasteiger partial charge in [0.05, 0.1) is 17.3 Å². The number of aliphatic hydroxyl groups excluding tert-OH is 1. The van der Waals surface area contributed by atoms with E-state index in [-0.39, 0.29) is 12.5 Å². The topological polar surface area (TPSA) is 74.7 Å². The lowest BCUT2D eigenvalue weighted by Crippen LogP contribution is -2.67. The summed E-state index contributed by atoms with van der Waals surface area (Å²) in [7, 11) is -3.56. The number of hydrogen-bond donors (Lipinski definition) is 1. The summed E-state index contributed by atoms with van der Waals surface area (Å²) in [5.41, 5.74) is 0.872. The molecule has 0 radical (unpaired) electrons. The summed E-state index contributed by atoms with van der Waals surface area (Å²) in [5.74, 6) is -1.16. The van der Waals surface area contributed by atoms with Crippen LogP contribution < -0.4 is 0 Å². The number of benzene rings is 1. The highest BCUT2D eigenvalue weighted by Crippen LogP contribution is 2.37. The first-order valence-corrected chi connectivity index (χ1v) is 8.43. The monoisotopic (exact) mass is 311 g/mol. The van der Waals surface area contributed by atoms with E-state index in [1.807, 2.05) is 30.3 Å². The number of β-lactam (4-membered cyclic amide) rings is 1. The third-order valence-electron chi connectivity index (χ3n) is 3.82. The predicted octanol–water partition coefficient (Wildman–Crippen LogP) is 1.18. The Kier molecular flexibility index (Phi) is 4.13. The smallest absolute Gasteiger partial charge is 0.232 e. The van der Waals surface area contributed by atoms with Gasteiger partial charge >= 0.3 is 0 Å². The second-order valence-electron chi connectivity index (χ2n) is 6.29. The number of aliphatic hydroxyl groups is 1. The van der Waals surface area contributed by atoms with Crippen LogP contribution >= 0.6 is 0 Å². The average Bonchev–Trinajstić information content (AvgIpc) is 2.41. The van der Waals surface area contributed by atoms with Crippen LogP contribution in [0.3, 0.4) is 0 Å². The number of carbonyl (C=O) groups excluding carboxylic acids is 1. The van der Waals surface area contributed by atoms with Crippen molar-refractivity contribution in [3.05, 3.63) is 35.9 Å². The van der Waals surface area contributed by atoms with Gasteiger partial charge in [0.2, 0.25) is 5.91 Å². The highest BCUT2D eigenvalue weighted by atomic mass is 32.2. The minimum absolute atomic E-state index is 0.246. The SMILES string of the molecule is CC(C)(C)S(=O)(=O)[C@@H]1[C@@H](CO)C(=O)N1Cc1ccccc1. The highest BCUT2D eigenvalue weighted by Gasteiger charge is 2.56. The molecule has 0 saturated carbocycles. The Hall–Kier alpha value is -1.40. The van der Waals surface area contributed by atoms with Crippen molar-refractivity contribution in [3.63, 3.8) is 0 Å². The Morgan fingerprint density at radius 1 is 1.19 bits per heavy atom. The van der Waals surface area contributed by atoms with Crippen molar-refractivity contribution in [1.29, 1.82) is 0 Å². The molecule has 1 heterocycles. The second kappa shape index (κ2) is 5.42. The molecular weight excluding hydrogens is 290 g/mol. The fourth-order valence-electron chi connectivity index (χ4n) is 2.46. The van der Waals surface area contributed by atoms with Crippen molar-refractivity contribution >= 4 is 15.7 Å². The maximum absolute atomic E-state index is 12.6. The summed E-state index contributed by atoms with van der Waals surface area (Å²) in [6.45, 7) is 4.64. The molecule has 1 aliphatic heterocycles. The van der Waals surface area contributed by atoms with Crippen LogP contribution in [0.15, 0.2) is 30.3 Å². The van der Waals surface area contributed by atoms with Crippen molar-refractivity contribution in [1.82, 2.24) is 4.90 Å². The van der Waals surface area contributed by atoms with Gasteiger partial charge in [-0.05, 0) is 26.3 Å². The van der Waals surface area contributed by atoms with Crippen molar-refractivity contribution in [3.8, 4) is 0 Å². The summed E-state index contributed by atoms with van der Waals surface area (Å²) in [4.78, 5) is 13.4. The second-order valence-corrected chi connectivity index (χ2v) is 9.09. The lowest BCUT2D eigenvalue weighted by Gasteiger charge is -2.47. The summed E-state index contributed by atoms with van der Waals surface area (Å²) < 4.78 is 24.3. The Morgan fingerprint density at radius 2 is 1.76 bits per heavy atom. The van der Waals surface area contributed by atoms with E-state index < -0.39 is 32.5 Å². The molecule has 0 bridgehead atoms. The van der Waals surface area contributed by atoms with Crippen LogP contribution in [-0.4, -0.2) is 41.1 Å². The number of nitrogens with zero attached hydrogens (tertiary/aromatic N) is 1. The minimum Gasteiger partial charge on any atom is -0.395 e. The van der Waals surface area contributed by atoms with Crippen molar-refractivity contribution in [2.45, 2.75) is 37.4 Å². The Labute approximate surface area is 125 Å². The van der Waals surface area contributed by atoms with Gasteiger partial charge in [-0.25, -0.2) is 8.42 Å². The number of sulfone groups is 1. The first-order valence-electron chi connectivity index (χ1n) is 6.89. The van der Waals surface area contributed by atoms with Gasteiger partial charge in [-0.3, -0.25) is 4.79 Å². The molecule has 116 valence electrons. The Morgan fingerprint density at radius 3 is 2.24 bits per heavy atom. The number of hydrogen-bond acceptors (Lipinski definition) is 4. The zero-order valence-corrected chi connectivity index (χ0v) is 13.3. The molecule has 1 aliphatic rings. The van der Waals surface area contributed by atoms with Crippen molar-refractivity contribution in [2.75, 3.05) is 6.61 Å².